The summed E-state index contributed by atoms with van der Waals surface area (Å²) in [5, 5.41) is 10.1. The number of ether oxygens (including phenoxy) is 5. The van der Waals surface area contributed by atoms with Crippen LogP contribution in [0.15, 0.2) is 30.3 Å². The number of carbonyl (C=O) groups excluding carboxylic acids is 1. The number of rotatable bonds is 8. The second kappa shape index (κ2) is 9.80. The van der Waals surface area contributed by atoms with E-state index in [0.29, 0.717) is 12.2 Å². The van der Waals surface area contributed by atoms with Crippen molar-refractivity contribution in [3.63, 3.8) is 0 Å². The molecule has 0 spiro atoms. The van der Waals surface area contributed by atoms with Gasteiger partial charge in [0.1, 0.15) is 31.2 Å². The molecule has 0 radical (unpaired) electrons. The van der Waals surface area contributed by atoms with Gasteiger partial charge in [-0.3, -0.25) is 0 Å². The normalized spacial score (nSPS) is 35.2. The molecular formula is C21H30O7. The highest BCUT2D eigenvalue weighted by atomic mass is 16.7. The number of aliphatic hydroxyl groups is 1. The average molecular weight is 394 g/mol. The molecular weight excluding hydrogens is 364 g/mol. The lowest BCUT2D eigenvalue weighted by molar-refractivity contribution is -0.137. The van der Waals surface area contributed by atoms with Gasteiger partial charge in [0.05, 0.1) is 31.0 Å². The molecule has 2 unspecified atom stereocenters. The van der Waals surface area contributed by atoms with Crippen molar-refractivity contribution >= 4 is 5.97 Å². The molecule has 0 aromatic heterocycles. The summed E-state index contributed by atoms with van der Waals surface area (Å²) in [7, 11) is 0. The first-order valence-electron chi connectivity index (χ1n) is 9.91. The van der Waals surface area contributed by atoms with Gasteiger partial charge in [0, 0.05) is 5.92 Å². The summed E-state index contributed by atoms with van der Waals surface area (Å²) < 4.78 is 28.3. The molecule has 0 bridgehead atoms. The van der Waals surface area contributed by atoms with Crippen LogP contribution in [0.2, 0.25) is 0 Å². The lowest BCUT2D eigenvalue weighted by Gasteiger charge is -2.22. The van der Waals surface area contributed by atoms with Crippen LogP contribution in [0.3, 0.4) is 0 Å². The van der Waals surface area contributed by atoms with Crippen molar-refractivity contribution in [3.05, 3.63) is 35.9 Å². The van der Waals surface area contributed by atoms with Gasteiger partial charge >= 0.3 is 5.97 Å². The monoisotopic (exact) mass is 394 g/mol. The van der Waals surface area contributed by atoms with E-state index in [1.807, 2.05) is 26.8 Å². The van der Waals surface area contributed by atoms with Crippen molar-refractivity contribution in [1.29, 1.82) is 0 Å². The topological polar surface area (TPSA) is 83.5 Å². The molecule has 2 aliphatic heterocycles. The summed E-state index contributed by atoms with van der Waals surface area (Å²) in [6.45, 7) is 6.53. The fourth-order valence-electron chi connectivity index (χ4n) is 3.63. The van der Waals surface area contributed by atoms with Crippen molar-refractivity contribution in [2.75, 3.05) is 20.0 Å². The minimum Gasteiger partial charge on any atom is -0.456 e. The fourth-order valence-corrected chi connectivity index (χ4v) is 3.63. The second-order valence-corrected chi connectivity index (χ2v) is 7.44. The summed E-state index contributed by atoms with van der Waals surface area (Å²) >= 11 is 0. The van der Waals surface area contributed by atoms with Gasteiger partial charge in [0.25, 0.3) is 0 Å². The molecule has 2 aliphatic rings. The second-order valence-electron chi connectivity index (χ2n) is 7.44. The highest BCUT2D eigenvalue weighted by Gasteiger charge is 2.42. The predicted octanol–water partition coefficient (Wildman–Crippen LogP) is 2.16. The van der Waals surface area contributed by atoms with E-state index in [1.165, 1.54) is 0 Å². The van der Waals surface area contributed by atoms with E-state index in [2.05, 4.69) is 0 Å². The Bertz CT molecular complexity index is 622. The van der Waals surface area contributed by atoms with Crippen LogP contribution in [0.1, 0.15) is 37.6 Å². The van der Waals surface area contributed by atoms with Gasteiger partial charge in [-0.2, -0.15) is 0 Å². The highest BCUT2D eigenvalue weighted by molar-refractivity contribution is 5.89. The number of hydrogen-bond donors (Lipinski definition) is 1. The van der Waals surface area contributed by atoms with Crippen molar-refractivity contribution in [2.45, 2.75) is 63.8 Å². The van der Waals surface area contributed by atoms with Gasteiger partial charge in [0.2, 0.25) is 0 Å². The standard InChI is InChI=1S/C21H30O7/c1-4-16-19(22)17(11-25-16)26-12-24-10-18-20(13(2)14(3)27-18)28-21(23)15-8-6-5-7-9-15/h5-9,13-14,16-20,22H,4,10-12H2,1-3H3/t13?,14-,16+,17?,18+,19-,20+/m0/s1. The van der Waals surface area contributed by atoms with E-state index in [1.54, 1.807) is 24.3 Å². The quantitative estimate of drug-likeness (QED) is 0.411. The largest absolute Gasteiger partial charge is 0.456 e. The third-order valence-electron chi connectivity index (χ3n) is 5.55. The fraction of sp³-hybridized carbons (Fsp3) is 0.667. The van der Waals surface area contributed by atoms with E-state index in [9.17, 15) is 9.90 Å². The first-order valence-corrected chi connectivity index (χ1v) is 9.91. The summed E-state index contributed by atoms with van der Waals surface area (Å²) in [4.78, 5) is 12.4. The Hall–Kier alpha value is -1.51. The minimum atomic E-state index is -0.643. The SMILES string of the molecule is CC[C@H]1OCC(OCOC[C@H]2O[C@@H](C)C(C)[C@H]2OC(=O)c2ccccc2)[C@H]1O. The minimum absolute atomic E-state index is 0.0174. The van der Waals surface area contributed by atoms with Crippen LogP contribution in [-0.2, 0) is 23.7 Å². The Labute approximate surface area is 165 Å². The number of benzene rings is 1. The Morgan fingerprint density at radius 1 is 1.21 bits per heavy atom. The van der Waals surface area contributed by atoms with Gasteiger partial charge in [-0.05, 0) is 25.5 Å². The lowest BCUT2D eigenvalue weighted by atomic mass is 9.99. The van der Waals surface area contributed by atoms with Crippen molar-refractivity contribution in [1.82, 2.24) is 0 Å². The maximum atomic E-state index is 12.4. The molecule has 3 rings (SSSR count). The first-order chi connectivity index (χ1) is 13.5. The smallest absolute Gasteiger partial charge is 0.338 e. The van der Waals surface area contributed by atoms with Crippen LogP contribution in [0.4, 0.5) is 0 Å². The molecule has 0 aliphatic carbocycles. The first kappa shape index (κ1) is 21.2. The van der Waals surface area contributed by atoms with Crippen molar-refractivity contribution < 1.29 is 33.6 Å². The molecule has 2 saturated heterocycles. The Balaban J connectivity index is 1.47. The van der Waals surface area contributed by atoms with Crippen molar-refractivity contribution in [3.8, 4) is 0 Å². The molecule has 7 atom stereocenters. The molecule has 1 aromatic carbocycles. The zero-order valence-electron chi connectivity index (χ0n) is 16.7. The van der Waals surface area contributed by atoms with E-state index < -0.39 is 12.2 Å². The summed E-state index contributed by atoms with van der Waals surface area (Å²) in [5.41, 5.74) is 0.512. The average Bonchev–Trinajstić information content (AvgIpc) is 3.19. The van der Waals surface area contributed by atoms with Crippen molar-refractivity contribution in [2.24, 2.45) is 5.92 Å². The summed E-state index contributed by atoms with van der Waals surface area (Å²) in [6, 6.07) is 8.91. The maximum Gasteiger partial charge on any atom is 0.338 e. The van der Waals surface area contributed by atoms with Gasteiger partial charge in [0.15, 0.2) is 0 Å². The number of esters is 1. The van der Waals surface area contributed by atoms with E-state index >= 15 is 0 Å². The number of hydrogen-bond acceptors (Lipinski definition) is 7. The molecule has 1 N–H and O–H groups in total. The highest BCUT2D eigenvalue weighted by Crippen LogP contribution is 2.30. The van der Waals surface area contributed by atoms with Crippen LogP contribution >= 0.6 is 0 Å². The molecule has 1 aromatic rings. The van der Waals surface area contributed by atoms with Gasteiger partial charge in [-0.1, -0.05) is 32.0 Å². The molecule has 156 valence electrons. The van der Waals surface area contributed by atoms with E-state index in [-0.39, 0.29) is 49.7 Å². The molecule has 0 saturated carbocycles. The maximum absolute atomic E-state index is 12.4. The van der Waals surface area contributed by atoms with Crippen LogP contribution in [0.5, 0.6) is 0 Å². The van der Waals surface area contributed by atoms with E-state index in [0.717, 1.165) is 6.42 Å². The van der Waals surface area contributed by atoms with Crippen LogP contribution in [0, 0.1) is 5.92 Å². The molecule has 7 nitrogen and oxygen atoms in total. The Morgan fingerprint density at radius 2 is 1.96 bits per heavy atom. The Kier molecular flexibility index (Phi) is 7.42. The van der Waals surface area contributed by atoms with Crippen LogP contribution in [0.25, 0.3) is 0 Å². The molecule has 2 heterocycles. The van der Waals surface area contributed by atoms with Gasteiger partial charge in [-0.15, -0.1) is 0 Å². The number of carbonyl (C=O) groups is 1. The van der Waals surface area contributed by atoms with E-state index in [4.69, 9.17) is 23.7 Å². The summed E-state index contributed by atoms with van der Waals surface area (Å²) in [6.07, 6.45) is -1.29. The molecule has 28 heavy (non-hydrogen) atoms. The van der Waals surface area contributed by atoms with Gasteiger partial charge < -0.3 is 28.8 Å². The number of aliphatic hydroxyl groups excluding tert-OH is 1. The lowest BCUT2D eigenvalue weighted by Crippen LogP contribution is -2.36. The Morgan fingerprint density at radius 3 is 2.64 bits per heavy atom. The summed E-state index contributed by atoms with van der Waals surface area (Å²) in [5.74, 6) is -0.314. The zero-order valence-corrected chi connectivity index (χ0v) is 16.7. The predicted molar refractivity (Wildman–Crippen MR) is 101 cm³/mol. The third kappa shape index (κ3) is 4.90. The van der Waals surface area contributed by atoms with Crippen LogP contribution < -0.4 is 0 Å². The third-order valence-corrected chi connectivity index (χ3v) is 5.55. The van der Waals surface area contributed by atoms with Crippen LogP contribution in [-0.4, -0.2) is 67.7 Å². The van der Waals surface area contributed by atoms with Gasteiger partial charge in [-0.25, -0.2) is 4.79 Å². The molecule has 7 heteroatoms. The zero-order chi connectivity index (χ0) is 20.1. The molecule has 2 fully saturated rings. The molecule has 0 amide bonds.